The second kappa shape index (κ2) is 8.20. The summed E-state index contributed by atoms with van der Waals surface area (Å²) < 4.78 is 0.765. The van der Waals surface area contributed by atoms with Crippen molar-refractivity contribution in [1.82, 2.24) is 5.32 Å². The van der Waals surface area contributed by atoms with Crippen LogP contribution in [0.3, 0.4) is 0 Å². The molecule has 1 aromatic carbocycles. The quantitative estimate of drug-likeness (QED) is 0.740. The van der Waals surface area contributed by atoms with Crippen LogP contribution in [-0.2, 0) is 0 Å². The average molecular weight is 327 g/mol. The highest BCUT2D eigenvalue weighted by atomic mass is 79.9. The van der Waals surface area contributed by atoms with Gasteiger partial charge in [0.15, 0.2) is 0 Å². The van der Waals surface area contributed by atoms with Gasteiger partial charge in [-0.3, -0.25) is 4.79 Å². The van der Waals surface area contributed by atoms with Crippen LogP contribution in [0.15, 0.2) is 22.7 Å². The molecule has 0 spiro atoms. The summed E-state index contributed by atoms with van der Waals surface area (Å²) in [5, 5.41) is 3.12. The molecule has 0 saturated carbocycles. The lowest BCUT2D eigenvalue weighted by atomic mass is 10.0. The third kappa shape index (κ3) is 5.23. The number of carbonyl (C=O) groups is 1. The topological polar surface area (TPSA) is 55.1 Å². The first-order valence-corrected chi connectivity index (χ1v) is 7.73. The monoisotopic (exact) mass is 326 g/mol. The SMILES string of the molecule is CCCCC(CCC)NC(=O)c1ccc(N)c(Br)c1. The number of halogens is 1. The van der Waals surface area contributed by atoms with Crippen molar-refractivity contribution in [2.75, 3.05) is 5.73 Å². The molecular weight excluding hydrogens is 304 g/mol. The highest BCUT2D eigenvalue weighted by Gasteiger charge is 2.13. The van der Waals surface area contributed by atoms with Gasteiger partial charge in [-0.25, -0.2) is 0 Å². The molecule has 1 amide bonds. The van der Waals surface area contributed by atoms with Crippen molar-refractivity contribution in [1.29, 1.82) is 0 Å². The number of nitrogens with one attached hydrogen (secondary N) is 1. The van der Waals surface area contributed by atoms with Crippen LogP contribution in [0.25, 0.3) is 0 Å². The number of hydrogen-bond acceptors (Lipinski definition) is 2. The zero-order chi connectivity index (χ0) is 14.3. The zero-order valence-corrected chi connectivity index (χ0v) is 13.3. The summed E-state index contributed by atoms with van der Waals surface area (Å²) in [6.45, 7) is 4.31. The molecule has 3 nitrogen and oxygen atoms in total. The first-order chi connectivity index (χ1) is 9.08. The van der Waals surface area contributed by atoms with Crippen LogP contribution in [0, 0.1) is 0 Å². The fourth-order valence-corrected chi connectivity index (χ4v) is 2.40. The van der Waals surface area contributed by atoms with Gasteiger partial charge in [-0.15, -0.1) is 0 Å². The predicted octanol–water partition coefficient (Wildman–Crippen LogP) is 4.12. The van der Waals surface area contributed by atoms with E-state index in [0.29, 0.717) is 11.3 Å². The normalized spacial score (nSPS) is 12.2. The highest BCUT2D eigenvalue weighted by molar-refractivity contribution is 9.10. The van der Waals surface area contributed by atoms with E-state index < -0.39 is 0 Å². The van der Waals surface area contributed by atoms with Gasteiger partial charge in [-0.2, -0.15) is 0 Å². The lowest BCUT2D eigenvalue weighted by molar-refractivity contribution is 0.0932. The number of amides is 1. The Morgan fingerprint density at radius 1 is 1.32 bits per heavy atom. The van der Waals surface area contributed by atoms with Crippen molar-refractivity contribution in [3.63, 3.8) is 0 Å². The standard InChI is InChI=1S/C15H23BrN2O/c1-3-5-7-12(6-4-2)18-15(19)11-8-9-14(17)13(16)10-11/h8-10,12H,3-7,17H2,1-2H3,(H,18,19). The Morgan fingerprint density at radius 3 is 2.63 bits per heavy atom. The molecule has 1 unspecified atom stereocenters. The number of nitrogen functional groups attached to an aromatic ring is 1. The summed E-state index contributed by atoms with van der Waals surface area (Å²) in [5.41, 5.74) is 7.02. The van der Waals surface area contributed by atoms with Crippen molar-refractivity contribution < 1.29 is 4.79 Å². The number of nitrogens with two attached hydrogens (primary N) is 1. The van der Waals surface area contributed by atoms with Crippen molar-refractivity contribution in [3.05, 3.63) is 28.2 Å². The van der Waals surface area contributed by atoms with E-state index in [1.807, 2.05) is 0 Å². The Balaban J connectivity index is 2.66. The van der Waals surface area contributed by atoms with Crippen molar-refractivity contribution >= 4 is 27.5 Å². The molecule has 0 aromatic heterocycles. The first kappa shape index (κ1) is 16.0. The van der Waals surface area contributed by atoms with Crippen LogP contribution < -0.4 is 11.1 Å². The third-order valence-corrected chi connectivity index (χ3v) is 3.83. The van der Waals surface area contributed by atoms with Crippen LogP contribution in [0.2, 0.25) is 0 Å². The number of carbonyl (C=O) groups excluding carboxylic acids is 1. The minimum Gasteiger partial charge on any atom is -0.398 e. The molecule has 4 heteroatoms. The fraction of sp³-hybridized carbons (Fsp3) is 0.533. The van der Waals surface area contributed by atoms with E-state index in [9.17, 15) is 4.79 Å². The van der Waals surface area contributed by atoms with E-state index in [1.54, 1.807) is 18.2 Å². The second-order valence-electron chi connectivity index (χ2n) is 4.84. The maximum absolute atomic E-state index is 12.2. The molecule has 0 radical (unpaired) electrons. The maximum atomic E-state index is 12.2. The average Bonchev–Trinajstić information content (AvgIpc) is 2.39. The molecule has 1 rings (SSSR count). The van der Waals surface area contributed by atoms with Crippen molar-refractivity contribution in [2.24, 2.45) is 0 Å². The Kier molecular flexibility index (Phi) is 6.92. The number of anilines is 1. The minimum absolute atomic E-state index is 0.0183. The van der Waals surface area contributed by atoms with Crippen LogP contribution in [0.4, 0.5) is 5.69 Å². The van der Waals surface area contributed by atoms with Gasteiger partial charge in [0, 0.05) is 21.8 Å². The Morgan fingerprint density at radius 2 is 2.05 bits per heavy atom. The predicted molar refractivity (Wildman–Crippen MR) is 84.2 cm³/mol. The van der Waals surface area contributed by atoms with Crippen molar-refractivity contribution in [3.8, 4) is 0 Å². The summed E-state index contributed by atoms with van der Waals surface area (Å²) in [4.78, 5) is 12.2. The summed E-state index contributed by atoms with van der Waals surface area (Å²) in [6.07, 6.45) is 5.47. The fourth-order valence-electron chi connectivity index (χ4n) is 2.02. The second-order valence-corrected chi connectivity index (χ2v) is 5.69. The first-order valence-electron chi connectivity index (χ1n) is 6.94. The van der Waals surface area contributed by atoms with Gasteiger partial charge in [0.1, 0.15) is 0 Å². The third-order valence-electron chi connectivity index (χ3n) is 3.14. The van der Waals surface area contributed by atoms with Crippen LogP contribution in [-0.4, -0.2) is 11.9 Å². The van der Waals surface area contributed by atoms with E-state index in [2.05, 4.69) is 35.1 Å². The molecule has 0 bridgehead atoms. The number of hydrogen-bond donors (Lipinski definition) is 2. The van der Waals surface area contributed by atoms with Gasteiger partial charge in [-0.05, 0) is 47.0 Å². The Labute approximate surface area is 124 Å². The molecule has 106 valence electrons. The molecular formula is C15H23BrN2O. The van der Waals surface area contributed by atoms with E-state index in [1.165, 1.54) is 0 Å². The number of rotatable bonds is 7. The lowest BCUT2D eigenvalue weighted by Gasteiger charge is -2.18. The van der Waals surface area contributed by atoms with Crippen LogP contribution in [0.5, 0.6) is 0 Å². The molecule has 0 aliphatic rings. The van der Waals surface area contributed by atoms with Crippen LogP contribution in [0.1, 0.15) is 56.3 Å². The van der Waals surface area contributed by atoms with Crippen molar-refractivity contribution in [2.45, 2.75) is 52.0 Å². The molecule has 1 atom stereocenters. The van der Waals surface area contributed by atoms with E-state index in [4.69, 9.17) is 5.73 Å². The molecule has 0 saturated heterocycles. The zero-order valence-electron chi connectivity index (χ0n) is 11.7. The van der Waals surface area contributed by atoms with Crippen LogP contribution >= 0.6 is 15.9 Å². The molecule has 19 heavy (non-hydrogen) atoms. The van der Waals surface area contributed by atoms with Gasteiger partial charge in [0.05, 0.1) is 0 Å². The van der Waals surface area contributed by atoms with Gasteiger partial charge in [0.2, 0.25) is 0 Å². The number of unbranched alkanes of at least 4 members (excludes halogenated alkanes) is 1. The smallest absolute Gasteiger partial charge is 0.251 e. The summed E-state index contributed by atoms with van der Waals surface area (Å²) in [5.74, 6) is -0.0183. The number of benzene rings is 1. The molecule has 0 aliphatic carbocycles. The Hall–Kier alpha value is -1.03. The summed E-state index contributed by atoms with van der Waals surface area (Å²) >= 11 is 3.35. The summed E-state index contributed by atoms with van der Waals surface area (Å²) in [7, 11) is 0. The molecule has 0 fully saturated rings. The van der Waals surface area contributed by atoms with Gasteiger partial charge in [-0.1, -0.05) is 33.1 Å². The maximum Gasteiger partial charge on any atom is 0.251 e. The highest BCUT2D eigenvalue weighted by Crippen LogP contribution is 2.20. The van der Waals surface area contributed by atoms with E-state index in [-0.39, 0.29) is 11.9 Å². The molecule has 1 aromatic rings. The molecule has 0 heterocycles. The van der Waals surface area contributed by atoms with E-state index in [0.717, 1.165) is 36.6 Å². The minimum atomic E-state index is -0.0183. The van der Waals surface area contributed by atoms with Gasteiger partial charge in [0.25, 0.3) is 5.91 Å². The molecule has 3 N–H and O–H groups in total. The van der Waals surface area contributed by atoms with Gasteiger partial charge < -0.3 is 11.1 Å². The lowest BCUT2D eigenvalue weighted by Crippen LogP contribution is -2.34. The molecule has 0 aliphatic heterocycles. The summed E-state index contributed by atoms with van der Waals surface area (Å²) in [6, 6.07) is 5.56. The van der Waals surface area contributed by atoms with Gasteiger partial charge >= 0.3 is 0 Å². The Bertz CT molecular complexity index is 421. The largest absolute Gasteiger partial charge is 0.398 e. The van der Waals surface area contributed by atoms with E-state index >= 15 is 0 Å².